The molecule has 3 amide bonds. The van der Waals surface area contributed by atoms with Gasteiger partial charge in [0.2, 0.25) is 0 Å². The quantitative estimate of drug-likeness (QED) is 0.347. The fourth-order valence-electron chi connectivity index (χ4n) is 3.01. The lowest BCUT2D eigenvalue weighted by atomic mass is 10.0. The number of para-hydroxylation sites is 1. The predicted molar refractivity (Wildman–Crippen MR) is 121 cm³/mol. The standard InChI is InChI=1S/C22H20BrN3O5/c23-17-7-3-4-8-18(17)25-22(31)26-19-10-14-6-2-1-5-13(14)9-16(19)21(30)24-15(12-27)11-20(28)29/h1-10,15,27H,11-12H2,(H,24,30)(H,28,29)(H2,25,26,31). The highest BCUT2D eigenvalue weighted by Gasteiger charge is 2.20. The van der Waals surface area contributed by atoms with Crippen LogP contribution in [-0.4, -0.2) is 40.8 Å². The van der Waals surface area contributed by atoms with E-state index in [1.165, 1.54) is 0 Å². The summed E-state index contributed by atoms with van der Waals surface area (Å²) >= 11 is 3.36. The molecule has 0 aliphatic rings. The Labute approximate surface area is 186 Å². The molecule has 0 aromatic heterocycles. The van der Waals surface area contributed by atoms with E-state index < -0.39 is 37.0 Å². The summed E-state index contributed by atoms with van der Waals surface area (Å²) in [4.78, 5) is 36.4. The van der Waals surface area contributed by atoms with Gasteiger partial charge in [0, 0.05) is 4.47 Å². The molecule has 0 aliphatic carbocycles. The van der Waals surface area contributed by atoms with Crippen LogP contribution in [0.15, 0.2) is 65.1 Å². The molecule has 0 aliphatic heterocycles. The zero-order valence-electron chi connectivity index (χ0n) is 16.3. The molecule has 31 heavy (non-hydrogen) atoms. The van der Waals surface area contributed by atoms with Crippen LogP contribution in [0.1, 0.15) is 16.8 Å². The highest BCUT2D eigenvalue weighted by atomic mass is 79.9. The number of carbonyl (C=O) groups is 3. The zero-order chi connectivity index (χ0) is 22.4. The largest absolute Gasteiger partial charge is 0.481 e. The summed E-state index contributed by atoms with van der Waals surface area (Å²) < 4.78 is 0.695. The Bertz CT molecular complexity index is 1140. The average molecular weight is 486 g/mol. The first-order valence-corrected chi connectivity index (χ1v) is 10.2. The zero-order valence-corrected chi connectivity index (χ0v) is 17.8. The van der Waals surface area contributed by atoms with Crippen LogP contribution in [0.25, 0.3) is 10.8 Å². The first-order chi connectivity index (χ1) is 14.9. The lowest BCUT2D eigenvalue weighted by Crippen LogP contribution is -2.39. The van der Waals surface area contributed by atoms with Crippen molar-refractivity contribution < 1.29 is 24.6 Å². The maximum atomic E-state index is 12.9. The van der Waals surface area contributed by atoms with Crippen molar-refractivity contribution in [2.75, 3.05) is 17.2 Å². The molecule has 5 N–H and O–H groups in total. The molecule has 0 fully saturated rings. The van der Waals surface area contributed by atoms with Crippen LogP contribution in [0.4, 0.5) is 16.2 Å². The Kier molecular flexibility index (Phi) is 7.22. The number of carboxylic acids is 1. The van der Waals surface area contributed by atoms with Crippen molar-refractivity contribution in [2.24, 2.45) is 0 Å². The molecular weight excluding hydrogens is 466 g/mol. The SMILES string of the molecule is O=C(O)CC(CO)NC(=O)c1cc2ccccc2cc1NC(=O)Nc1ccccc1Br. The number of aliphatic carboxylic acids is 1. The number of carbonyl (C=O) groups excluding carboxylic acids is 2. The van der Waals surface area contributed by atoms with E-state index in [-0.39, 0.29) is 11.3 Å². The maximum Gasteiger partial charge on any atom is 0.323 e. The van der Waals surface area contributed by atoms with Crippen molar-refractivity contribution in [3.8, 4) is 0 Å². The number of hydrogen-bond donors (Lipinski definition) is 5. The van der Waals surface area contributed by atoms with Crippen LogP contribution in [0.2, 0.25) is 0 Å². The molecule has 0 spiro atoms. The number of carboxylic acid groups (broad SMARTS) is 1. The second-order valence-electron chi connectivity index (χ2n) is 6.75. The molecule has 3 rings (SSSR count). The van der Waals surface area contributed by atoms with E-state index in [1.807, 2.05) is 30.3 Å². The number of urea groups is 1. The van der Waals surface area contributed by atoms with Crippen molar-refractivity contribution in [2.45, 2.75) is 12.5 Å². The van der Waals surface area contributed by atoms with Gasteiger partial charge in [0.05, 0.1) is 36.0 Å². The van der Waals surface area contributed by atoms with Crippen LogP contribution in [0.5, 0.6) is 0 Å². The molecule has 0 radical (unpaired) electrons. The number of aliphatic hydroxyl groups is 1. The van der Waals surface area contributed by atoms with Gasteiger partial charge in [0.1, 0.15) is 0 Å². The van der Waals surface area contributed by atoms with Gasteiger partial charge in [-0.3, -0.25) is 9.59 Å². The van der Waals surface area contributed by atoms with Gasteiger partial charge < -0.3 is 26.2 Å². The number of halogens is 1. The molecule has 9 heteroatoms. The van der Waals surface area contributed by atoms with Gasteiger partial charge in [-0.2, -0.15) is 0 Å². The Hall–Kier alpha value is -3.43. The molecule has 0 saturated carbocycles. The first-order valence-electron chi connectivity index (χ1n) is 9.36. The van der Waals surface area contributed by atoms with E-state index in [9.17, 15) is 19.5 Å². The number of aliphatic hydroxyl groups excluding tert-OH is 1. The van der Waals surface area contributed by atoms with Crippen molar-refractivity contribution in [3.05, 3.63) is 70.7 Å². The topological polar surface area (TPSA) is 128 Å². The minimum atomic E-state index is -1.15. The van der Waals surface area contributed by atoms with Crippen LogP contribution < -0.4 is 16.0 Å². The lowest BCUT2D eigenvalue weighted by Gasteiger charge is -2.17. The van der Waals surface area contributed by atoms with Crippen LogP contribution in [-0.2, 0) is 4.79 Å². The van der Waals surface area contributed by atoms with Gasteiger partial charge in [-0.05, 0) is 51.0 Å². The number of benzene rings is 3. The normalized spacial score (nSPS) is 11.5. The minimum Gasteiger partial charge on any atom is -0.481 e. The summed E-state index contributed by atoms with van der Waals surface area (Å²) in [5, 5.41) is 27.8. The van der Waals surface area contributed by atoms with E-state index in [0.717, 1.165) is 10.8 Å². The number of rotatable bonds is 7. The molecule has 1 unspecified atom stereocenters. The molecule has 160 valence electrons. The van der Waals surface area contributed by atoms with E-state index in [2.05, 4.69) is 31.9 Å². The first kappa shape index (κ1) is 22.3. The van der Waals surface area contributed by atoms with Gasteiger partial charge in [-0.1, -0.05) is 36.4 Å². The molecule has 3 aromatic carbocycles. The summed E-state index contributed by atoms with van der Waals surface area (Å²) in [6.07, 6.45) is -0.429. The summed E-state index contributed by atoms with van der Waals surface area (Å²) in [6.45, 7) is -0.531. The van der Waals surface area contributed by atoms with Gasteiger partial charge in [-0.15, -0.1) is 0 Å². The molecule has 1 atom stereocenters. The van der Waals surface area contributed by atoms with Gasteiger partial charge >= 0.3 is 12.0 Å². The summed E-state index contributed by atoms with van der Waals surface area (Å²) in [5.41, 5.74) is 0.936. The fraction of sp³-hybridized carbons (Fsp3) is 0.136. The molecule has 0 saturated heterocycles. The number of anilines is 2. The van der Waals surface area contributed by atoms with Gasteiger partial charge in [-0.25, -0.2) is 4.79 Å². The van der Waals surface area contributed by atoms with Gasteiger partial charge in [0.15, 0.2) is 0 Å². The second-order valence-corrected chi connectivity index (χ2v) is 7.61. The Balaban J connectivity index is 1.90. The van der Waals surface area contributed by atoms with Crippen molar-refractivity contribution in [1.29, 1.82) is 0 Å². The fourth-order valence-corrected chi connectivity index (χ4v) is 3.39. The number of hydrogen-bond acceptors (Lipinski definition) is 4. The third kappa shape index (κ3) is 5.80. The summed E-state index contributed by atoms with van der Waals surface area (Å²) in [5.74, 6) is -1.76. The summed E-state index contributed by atoms with van der Waals surface area (Å²) in [6, 6.07) is 16.1. The van der Waals surface area contributed by atoms with Crippen molar-refractivity contribution >= 4 is 56.0 Å². The van der Waals surface area contributed by atoms with Crippen molar-refractivity contribution in [1.82, 2.24) is 5.32 Å². The van der Waals surface area contributed by atoms with E-state index >= 15 is 0 Å². The minimum absolute atomic E-state index is 0.143. The Morgan fingerprint density at radius 1 is 0.903 bits per heavy atom. The highest BCUT2D eigenvalue weighted by molar-refractivity contribution is 9.10. The third-order valence-corrected chi connectivity index (χ3v) is 5.17. The highest BCUT2D eigenvalue weighted by Crippen LogP contribution is 2.26. The maximum absolute atomic E-state index is 12.9. The van der Waals surface area contributed by atoms with Crippen LogP contribution in [0.3, 0.4) is 0 Å². The summed E-state index contributed by atoms with van der Waals surface area (Å²) in [7, 11) is 0. The molecule has 0 heterocycles. The monoisotopic (exact) mass is 485 g/mol. The lowest BCUT2D eigenvalue weighted by molar-refractivity contribution is -0.137. The number of nitrogens with one attached hydrogen (secondary N) is 3. The molecule has 3 aromatic rings. The van der Waals surface area contributed by atoms with Gasteiger partial charge in [0.25, 0.3) is 5.91 Å². The Morgan fingerprint density at radius 3 is 2.16 bits per heavy atom. The average Bonchev–Trinajstić information content (AvgIpc) is 2.74. The van der Waals surface area contributed by atoms with E-state index in [4.69, 9.17) is 5.11 Å². The van der Waals surface area contributed by atoms with Crippen LogP contribution in [0, 0.1) is 0 Å². The number of fused-ring (bicyclic) bond motifs is 1. The number of amides is 3. The molecular formula is C22H20BrN3O5. The van der Waals surface area contributed by atoms with E-state index in [0.29, 0.717) is 10.2 Å². The molecule has 8 nitrogen and oxygen atoms in total. The molecule has 0 bridgehead atoms. The second kappa shape index (κ2) is 10.1. The van der Waals surface area contributed by atoms with Crippen LogP contribution >= 0.6 is 15.9 Å². The third-order valence-electron chi connectivity index (χ3n) is 4.48. The smallest absolute Gasteiger partial charge is 0.323 e. The Morgan fingerprint density at radius 2 is 1.52 bits per heavy atom. The van der Waals surface area contributed by atoms with Crippen molar-refractivity contribution in [3.63, 3.8) is 0 Å². The van der Waals surface area contributed by atoms with E-state index in [1.54, 1.807) is 30.3 Å². The predicted octanol–water partition coefficient (Wildman–Crippen LogP) is 3.81.